The van der Waals surface area contributed by atoms with Crippen molar-refractivity contribution in [3.63, 3.8) is 0 Å². The predicted octanol–water partition coefficient (Wildman–Crippen LogP) is 1.72. The fourth-order valence-corrected chi connectivity index (χ4v) is 5.52. The molecule has 2 saturated heterocycles. The van der Waals surface area contributed by atoms with Crippen molar-refractivity contribution in [3.05, 3.63) is 65.2 Å². The highest BCUT2D eigenvalue weighted by Gasteiger charge is 2.55. The number of amides is 5. The van der Waals surface area contributed by atoms with Crippen LogP contribution in [0.15, 0.2) is 48.5 Å². The van der Waals surface area contributed by atoms with Gasteiger partial charge in [-0.05, 0) is 55.0 Å². The number of primary amides is 1. The molecule has 3 aliphatic rings. The van der Waals surface area contributed by atoms with E-state index < -0.39 is 17.5 Å². The zero-order valence-corrected chi connectivity index (χ0v) is 19.5. The molecule has 2 heterocycles. The molecule has 2 aromatic carbocycles. The number of anilines is 1. The second-order valence-corrected chi connectivity index (χ2v) is 9.57. The SMILES string of the molecule is NC(=O)C1CCCN(Cc2ccccc2NC(=O)CN2C(=O)NC3(CCc4ccccc43)C2=O)C1. The Morgan fingerprint density at radius 1 is 1.11 bits per heavy atom. The third kappa shape index (κ3) is 4.27. The van der Waals surface area contributed by atoms with Crippen LogP contribution >= 0.6 is 0 Å². The first kappa shape index (κ1) is 23.0. The summed E-state index contributed by atoms with van der Waals surface area (Å²) in [6.07, 6.45) is 2.87. The van der Waals surface area contributed by atoms with Crippen molar-refractivity contribution in [1.29, 1.82) is 0 Å². The second kappa shape index (κ2) is 9.14. The molecule has 182 valence electrons. The third-order valence-corrected chi connectivity index (χ3v) is 7.32. The molecule has 0 saturated carbocycles. The minimum absolute atomic E-state index is 0.168. The smallest absolute Gasteiger partial charge is 0.325 e. The van der Waals surface area contributed by atoms with Gasteiger partial charge in [0.1, 0.15) is 12.1 Å². The molecule has 1 spiro atoms. The number of nitrogens with one attached hydrogen (secondary N) is 2. The molecular weight excluding hydrogens is 446 g/mol. The molecule has 35 heavy (non-hydrogen) atoms. The standard InChI is InChI=1S/C26H29N5O4/c27-23(33)19-8-5-13-30(15-19)14-18-7-2-4-10-21(18)28-22(32)16-31-24(34)26(29-25(31)35)12-11-17-6-1-3-9-20(17)26/h1-4,6-7,9-10,19H,5,8,11-16H2,(H2,27,33)(H,28,32)(H,29,35). The molecule has 2 aromatic rings. The van der Waals surface area contributed by atoms with Gasteiger partial charge in [0.25, 0.3) is 5.91 Å². The Morgan fingerprint density at radius 3 is 2.71 bits per heavy atom. The first-order valence-corrected chi connectivity index (χ1v) is 12.0. The average molecular weight is 476 g/mol. The van der Waals surface area contributed by atoms with E-state index in [1.54, 1.807) is 6.07 Å². The lowest BCUT2D eigenvalue weighted by molar-refractivity contribution is -0.134. The van der Waals surface area contributed by atoms with Gasteiger partial charge in [-0.2, -0.15) is 0 Å². The fraction of sp³-hybridized carbons (Fsp3) is 0.385. The molecule has 9 nitrogen and oxygen atoms in total. The molecule has 5 rings (SSSR count). The zero-order valence-electron chi connectivity index (χ0n) is 19.5. The van der Waals surface area contributed by atoms with E-state index in [0.29, 0.717) is 31.6 Å². The highest BCUT2D eigenvalue weighted by Crippen LogP contribution is 2.41. The Morgan fingerprint density at radius 2 is 1.89 bits per heavy atom. The number of rotatable bonds is 6. The Bertz CT molecular complexity index is 1200. The monoisotopic (exact) mass is 475 g/mol. The minimum atomic E-state index is -1.09. The summed E-state index contributed by atoms with van der Waals surface area (Å²) in [6.45, 7) is 1.63. The number of nitrogens with zero attached hydrogens (tertiary/aromatic N) is 2. The fourth-order valence-electron chi connectivity index (χ4n) is 5.52. The number of hydrogen-bond acceptors (Lipinski definition) is 5. The number of hydrogen-bond donors (Lipinski definition) is 3. The van der Waals surface area contributed by atoms with E-state index in [0.717, 1.165) is 41.0 Å². The van der Waals surface area contributed by atoms with Crippen molar-refractivity contribution >= 4 is 29.4 Å². The maximum absolute atomic E-state index is 13.3. The van der Waals surface area contributed by atoms with Crippen molar-refractivity contribution in [2.75, 3.05) is 25.0 Å². The van der Waals surface area contributed by atoms with Gasteiger partial charge in [0, 0.05) is 18.8 Å². The molecule has 4 N–H and O–H groups in total. The summed E-state index contributed by atoms with van der Waals surface area (Å²) in [5, 5.41) is 5.72. The summed E-state index contributed by atoms with van der Waals surface area (Å²) >= 11 is 0. The van der Waals surface area contributed by atoms with Crippen LogP contribution in [0, 0.1) is 5.92 Å². The van der Waals surface area contributed by atoms with Crippen LogP contribution < -0.4 is 16.4 Å². The first-order chi connectivity index (χ1) is 16.9. The van der Waals surface area contributed by atoms with Gasteiger partial charge in [-0.25, -0.2) is 4.79 Å². The first-order valence-electron chi connectivity index (χ1n) is 12.0. The van der Waals surface area contributed by atoms with E-state index in [9.17, 15) is 19.2 Å². The number of para-hydroxylation sites is 1. The molecule has 1 aliphatic carbocycles. The second-order valence-electron chi connectivity index (χ2n) is 9.57. The summed E-state index contributed by atoms with van der Waals surface area (Å²) in [7, 11) is 0. The van der Waals surface area contributed by atoms with Crippen LogP contribution in [0.2, 0.25) is 0 Å². The van der Waals surface area contributed by atoms with Crippen LogP contribution in [-0.2, 0) is 32.9 Å². The van der Waals surface area contributed by atoms with Gasteiger partial charge in [0.05, 0.1) is 5.92 Å². The number of carbonyl (C=O) groups excluding carboxylic acids is 4. The number of fused-ring (bicyclic) bond motifs is 2. The number of piperidine rings is 1. The Kier molecular flexibility index (Phi) is 6.02. The number of aryl methyl sites for hydroxylation is 1. The molecule has 2 fully saturated rings. The number of carbonyl (C=O) groups is 4. The van der Waals surface area contributed by atoms with Crippen LogP contribution in [-0.4, -0.2) is 53.2 Å². The number of imide groups is 1. The van der Waals surface area contributed by atoms with Crippen LogP contribution in [0.25, 0.3) is 0 Å². The maximum atomic E-state index is 13.3. The summed E-state index contributed by atoms with van der Waals surface area (Å²) in [4.78, 5) is 53.8. The normalized spacial score (nSPS) is 23.9. The molecule has 2 aliphatic heterocycles. The van der Waals surface area contributed by atoms with E-state index in [1.807, 2.05) is 42.5 Å². The van der Waals surface area contributed by atoms with Crippen LogP contribution in [0.4, 0.5) is 10.5 Å². The van der Waals surface area contributed by atoms with Crippen molar-refractivity contribution in [1.82, 2.24) is 15.1 Å². The molecule has 2 unspecified atom stereocenters. The Hall–Kier alpha value is -3.72. The van der Waals surface area contributed by atoms with Gasteiger partial charge < -0.3 is 16.4 Å². The van der Waals surface area contributed by atoms with E-state index >= 15 is 0 Å². The third-order valence-electron chi connectivity index (χ3n) is 7.32. The highest BCUT2D eigenvalue weighted by atomic mass is 16.2. The minimum Gasteiger partial charge on any atom is -0.369 e. The summed E-state index contributed by atoms with van der Waals surface area (Å²) in [5.74, 6) is -1.29. The predicted molar refractivity (Wildman–Crippen MR) is 129 cm³/mol. The lowest BCUT2D eigenvalue weighted by Gasteiger charge is -2.31. The van der Waals surface area contributed by atoms with Gasteiger partial charge in [-0.3, -0.25) is 24.2 Å². The van der Waals surface area contributed by atoms with E-state index in [4.69, 9.17) is 5.73 Å². The van der Waals surface area contributed by atoms with Crippen molar-refractivity contribution in [2.24, 2.45) is 11.7 Å². The van der Waals surface area contributed by atoms with Gasteiger partial charge in [-0.15, -0.1) is 0 Å². The number of likely N-dealkylation sites (tertiary alicyclic amines) is 1. The van der Waals surface area contributed by atoms with Crippen LogP contribution in [0.3, 0.4) is 0 Å². The number of nitrogens with two attached hydrogens (primary N) is 1. The van der Waals surface area contributed by atoms with Gasteiger partial charge >= 0.3 is 6.03 Å². The zero-order chi connectivity index (χ0) is 24.6. The van der Waals surface area contributed by atoms with Crippen molar-refractivity contribution in [3.8, 4) is 0 Å². The average Bonchev–Trinajstić information content (AvgIpc) is 3.33. The molecule has 0 bridgehead atoms. The molecule has 2 atom stereocenters. The van der Waals surface area contributed by atoms with Gasteiger partial charge in [0.15, 0.2) is 0 Å². The van der Waals surface area contributed by atoms with E-state index in [-0.39, 0.29) is 24.3 Å². The van der Waals surface area contributed by atoms with E-state index in [2.05, 4.69) is 15.5 Å². The highest BCUT2D eigenvalue weighted by molar-refractivity contribution is 6.11. The Labute approximate surface area is 203 Å². The quantitative estimate of drug-likeness (QED) is 0.549. The molecular formula is C26H29N5O4. The topological polar surface area (TPSA) is 125 Å². The lowest BCUT2D eigenvalue weighted by atomic mass is 9.92. The molecule has 9 heteroatoms. The van der Waals surface area contributed by atoms with Crippen molar-refractivity contribution < 1.29 is 19.2 Å². The van der Waals surface area contributed by atoms with Gasteiger partial charge in [-0.1, -0.05) is 42.5 Å². The molecule has 0 aromatic heterocycles. The van der Waals surface area contributed by atoms with Crippen molar-refractivity contribution in [2.45, 2.75) is 37.8 Å². The summed E-state index contributed by atoms with van der Waals surface area (Å²) in [6, 6.07) is 14.5. The maximum Gasteiger partial charge on any atom is 0.325 e. The molecule has 5 amide bonds. The molecule has 0 radical (unpaired) electrons. The van der Waals surface area contributed by atoms with Crippen LogP contribution in [0.5, 0.6) is 0 Å². The van der Waals surface area contributed by atoms with E-state index in [1.165, 1.54) is 0 Å². The largest absolute Gasteiger partial charge is 0.369 e. The number of urea groups is 1. The Balaban J connectivity index is 1.26. The summed E-state index contributed by atoms with van der Waals surface area (Å²) < 4.78 is 0. The van der Waals surface area contributed by atoms with Crippen LogP contribution in [0.1, 0.15) is 36.0 Å². The lowest BCUT2D eigenvalue weighted by Crippen LogP contribution is -2.43. The summed E-state index contributed by atoms with van der Waals surface area (Å²) in [5.41, 5.74) is 7.77. The number of benzene rings is 2. The van der Waals surface area contributed by atoms with Gasteiger partial charge in [0.2, 0.25) is 11.8 Å².